The lowest BCUT2D eigenvalue weighted by molar-refractivity contribution is 0.372. The van der Waals surface area contributed by atoms with Gasteiger partial charge >= 0.3 is 0 Å². The molecule has 7 heteroatoms. The molecular weight excluding hydrogens is 331 g/mol. The molecule has 0 bridgehead atoms. The average molecular weight is 349 g/mol. The summed E-state index contributed by atoms with van der Waals surface area (Å²) in [5, 5.41) is 4.91. The summed E-state index contributed by atoms with van der Waals surface area (Å²) in [6, 6.07) is 6.42. The van der Waals surface area contributed by atoms with Crippen molar-refractivity contribution < 1.29 is 8.91 Å². The van der Waals surface area contributed by atoms with E-state index in [2.05, 4.69) is 15.1 Å². The molecule has 0 saturated heterocycles. The molecule has 0 spiro atoms. The van der Waals surface area contributed by atoms with Crippen molar-refractivity contribution in [2.45, 2.75) is 38.1 Å². The van der Waals surface area contributed by atoms with Crippen LogP contribution in [0, 0.1) is 12.7 Å². The van der Waals surface area contributed by atoms with Gasteiger partial charge in [-0.2, -0.15) is 4.98 Å². The van der Waals surface area contributed by atoms with E-state index in [9.17, 15) is 4.39 Å². The Morgan fingerprint density at radius 1 is 1.17 bits per heavy atom. The van der Waals surface area contributed by atoms with E-state index in [-0.39, 0.29) is 18.2 Å². The van der Waals surface area contributed by atoms with Crippen LogP contribution in [0.4, 0.5) is 4.39 Å². The number of hydrogen-bond donors (Lipinski definition) is 1. The quantitative estimate of drug-likeness (QED) is 0.760. The SMILES string of the molecule is Cc1nc2cc(F)ccc2cc1-c1nc(C2(N)CCCC2)no1.Cl. The van der Waals surface area contributed by atoms with Gasteiger partial charge in [-0.15, -0.1) is 12.4 Å². The minimum atomic E-state index is -0.483. The first-order valence-corrected chi connectivity index (χ1v) is 7.75. The van der Waals surface area contributed by atoms with Gasteiger partial charge in [-0.1, -0.05) is 18.0 Å². The number of pyridine rings is 1. The van der Waals surface area contributed by atoms with E-state index in [1.807, 2.05) is 13.0 Å². The lowest BCUT2D eigenvalue weighted by atomic mass is 9.98. The molecule has 2 N–H and O–H groups in total. The van der Waals surface area contributed by atoms with Crippen molar-refractivity contribution in [3.63, 3.8) is 0 Å². The number of nitrogens with zero attached hydrogens (tertiary/aromatic N) is 3. The minimum absolute atomic E-state index is 0. The van der Waals surface area contributed by atoms with Gasteiger partial charge in [-0.25, -0.2) is 4.39 Å². The smallest absolute Gasteiger partial charge is 0.259 e. The van der Waals surface area contributed by atoms with Gasteiger partial charge in [0.15, 0.2) is 5.82 Å². The molecule has 0 aliphatic heterocycles. The third-order valence-electron chi connectivity index (χ3n) is 4.57. The third-order valence-corrected chi connectivity index (χ3v) is 4.57. The van der Waals surface area contributed by atoms with Gasteiger partial charge in [-0.05, 0) is 38.0 Å². The van der Waals surface area contributed by atoms with Gasteiger partial charge in [0.1, 0.15) is 5.82 Å². The highest BCUT2D eigenvalue weighted by Gasteiger charge is 2.36. The lowest BCUT2D eigenvalue weighted by Gasteiger charge is -2.17. The molecule has 0 unspecified atom stereocenters. The normalized spacial score (nSPS) is 16.3. The molecule has 0 radical (unpaired) electrons. The molecule has 1 aliphatic carbocycles. The van der Waals surface area contributed by atoms with E-state index in [1.54, 1.807) is 6.07 Å². The highest BCUT2D eigenvalue weighted by Crippen LogP contribution is 2.36. The number of aryl methyl sites for hydroxylation is 1. The van der Waals surface area contributed by atoms with Gasteiger partial charge in [0.2, 0.25) is 0 Å². The number of aromatic nitrogens is 3. The summed E-state index contributed by atoms with van der Waals surface area (Å²) in [4.78, 5) is 8.94. The topological polar surface area (TPSA) is 77.8 Å². The van der Waals surface area contributed by atoms with Gasteiger partial charge in [0, 0.05) is 11.5 Å². The molecule has 2 aromatic heterocycles. The molecule has 1 aromatic carbocycles. The standard InChI is InChI=1S/C17H17FN4O.ClH/c1-10-13(8-11-4-5-12(18)9-14(11)20-10)15-21-16(22-23-15)17(19)6-2-3-7-17;/h4-5,8-9H,2-3,6-7,19H2,1H3;1H. The van der Waals surface area contributed by atoms with Crippen LogP contribution in [0.1, 0.15) is 37.2 Å². The van der Waals surface area contributed by atoms with Gasteiger partial charge in [-0.3, -0.25) is 4.98 Å². The average Bonchev–Trinajstić information content (AvgIpc) is 3.16. The highest BCUT2D eigenvalue weighted by molar-refractivity contribution is 5.85. The fraction of sp³-hybridized carbons (Fsp3) is 0.353. The summed E-state index contributed by atoms with van der Waals surface area (Å²) in [6.45, 7) is 1.84. The first kappa shape index (κ1) is 16.8. The summed E-state index contributed by atoms with van der Waals surface area (Å²) in [6.07, 6.45) is 3.92. The van der Waals surface area contributed by atoms with E-state index in [4.69, 9.17) is 10.3 Å². The molecule has 126 valence electrons. The van der Waals surface area contributed by atoms with Crippen molar-refractivity contribution in [3.05, 3.63) is 41.6 Å². The predicted molar refractivity (Wildman–Crippen MR) is 91.3 cm³/mol. The largest absolute Gasteiger partial charge is 0.334 e. The van der Waals surface area contributed by atoms with Crippen LogP contribution in [0.5, 0.6) is 0 Å². The molecular formula is C17H18ClFN4O. The number of nitrogens with two attached hydrogens (primary N) is 1. The molecule has 2 heterocycles. The minimum Gasteiger partial charge on any atom is -0.334 e. The number of hydrogen-bond acceptors (Lipinski definition) is 5. The maximum absolute atomic E-state index is 13.3. The Morgan fingerprint density at radius 3 is 2.67 bits per heavy atom. The van der Waals surface area contributed by atoms with E-state index in [0.717, 1.165) is 42.3 Å². The van der Waals surface area contributed by atoms with Gasteiger partial charge < -0.3 is 10.3 Å². The van der Waals surface area contributed by atoms with Crippen LogP contribution in [0.25, 0.3) is 22.4 Å². The Morgan fingerprint density at radius 2 is 1.92 bits per heavy atom. The maximum atomic E-state index is 13.3. The fourth-order valence-corrected chi connectivity index (χ4v) is 3.22. The Labute approximate surface area is 144 Å². The zero-order valence-corrected chi connectivity index (χ0v) is 14.1. The number of rotatable bonds is 2. The fourth-order valence-electron chi connectivity index (χ4n) is 3.22. The van der Waals surface area contributed by atoms with Crippen LogP contribution in [-0.2, 0) is 5.54 Å². The number of fused-ring (bicyclic) bond motifs is 1. The van der Waals surface area contributed by atoms with Crippen LogP contribution in [0.2, 0.25) is 0 Å². The maximum Gasteiger partial charge on any atom is 0.259 e. The monoisotopic (exact) mass is 348 g/mol. The summed E-state index contributed by atoms with van der Waals surface area (Å²) >= 11 is 0. The van der Waals surface area contributed by atoms with E-state index >= 15 is 0 Å². The number of benzene rings is 1. The molecule has 4 rings (SSSR count). The van der Waals surface area contributed by atoms with Gasteiger partial charge in [0.25, 0.3) is 5.89 Å². The molecule has 1 fully saturated rings. The Bertz CT molecular complexity index is 889. The predicted octanol–water partition coefficient (Wildman–Crippen LogP) is 3.88. The van der Waals surface area contributed by atoms with Crippen LogP contribution in [0.15, 0.2) is 28.8 Å². The van der Waals surface area contributed by atoms with Crippen molar-refractivity contribution >= 4 is 23.3 Å². The molecule has 3 aromatic rings. The summed E-state index contributed by atoms with van der Waals surface area (Å²) < 4.78 is 18.7. The third kappa shape index (κ3) is 2.76. The zero-order valence-electron chi connectivity index (χ0n) is 13.3. The highest BCUT2D eigenvalue weighted by atomic mass is 35.5. The van der Waals surface area contributed by atoms with E-state index < -0.39 is 5.54 Å². The Kier molecular flexibility index (Phi) is 4.27. The molecule has 5 nitrogen and oxygen atoms in total. The van der Waals surface area contributed by atoms with Gasteiger partial charge in [0.05, 0.1) is 22.3 Å². The first-order chi connectivity index (χ1) is 11.0. The van der Waals surface area contributed by atoms with Crippen molar-refractivity contribution in [2.24, 2.45) is 5.73 Å². The van der Waals surface area contributed by atoms with Crippen LogP contribution in [0.3, 0.4) is 0 Å². The van der Waals surface area contributed by atoms with Crippen LogP contribution in [-0.4, -0.2) is 15.1 Å². The second-order valence-electron chi connectivity index (χ2n) is 6.24. The molecule has 24 heavy (non-hydrogen) atoms. The summed E-state index contributed by atoms with van der Waals surface area (Å²) in [5.41, 5.74) is 7.97. The summed E-state index contributed by atoms with van der Waals surface area (Å²) in [7, 11) is 0. The van der Waals surface area contributed by atoms with Crippen molar-refractivity contribution in [1.29, 1.82) is 0 Å². The Hall–Kier alpha value is -2.05. The number of halogens is 2. The van der Waals surface area contributed by atoms with E-state index in [1.165, 1.54) is 12.1 Å². The van der Waals surface area contributed by atoms with Crippen molar-refractivity contribution in [3.8, 4) is 11.5 Å². The zero-order chi connectivity index (χ0) is 16.0. The van der Waals surface area contributed by atoms with Crippen molar-refractivity contribution in [1.82, 2.24) is 15.1 Å². The summed E-state index contributed by atoms with van der Waals surface area (Å²) in [5.74, 6) is 0.667. The van der Waals surface area contributed by atoms with Crippen LogP contribution >= 0.6 is 12.4 Å². The molecule has 0 atom stereocenters. The Balaban J connectivity index is 0.00000169. The lowest BCUT2D eigenvalue weighted by Crippen LogP contribution is -2.34. The first-order valence-electron chi connectivity index (χ1n) is 7.75. The molecule has 1 aliphatic rings. The second-order valence-corrected chi connectivity index (χ2v) is 6.24. The molecule has 1 saturated carbocycles. The molecule has 0 amide bonds. The van der Waals surface area contributed by atoms with E-state index in [0.29, 0.717) is 17.2 Å². The van der Waals surface area contributed by atoms with Crippen molar-refractivity contribution in [2.75, 3.05) is 0 Å². The second kappa shape index (κ2) is 6.11. The van der Waals surface area contributed by atoms with Crippen LogP contribution < -0.4 is 5.73 Å².